The number of aryl methyl sites for hydroxylation is 1. The van der Waals surface area contributed by atoms with Gasteiger partial charge in [0.05, 0.1) is 0 Å². The molecule has 1 atom stereocenters. The highest BCUT2D eigenvalue weighted by atomic mass is 16.7. The van der Waals surface area contributed by atoms with E-state index in [1.807, 2.05) is 49.4 Å². The summed E-state index contributed by atoms with van der Waals surface area (Å²) in [4.78, 5) is 27.7. The van der Waals surface area contributed by atoms with Gasteiger partial charge in [0.15, 0.2) is 11.5 Å². The Bertz CT molecular complexity index is 1230. The molecular weight excluding hydrogens is 462 g/mol. The summed E-state index contributed by atoms with van der Waals surface area (Å²) in [6.45, 7) is 1.95. The number of amides is 3. The molecule has 0 aliphatic carbocycles. The van der Waals surface area contributed by atoms with Crippen molar-refractivity contribution in [3.63, 3.8) is 0 Å². The van der Waals surface area contributed by atoms with Crippen molar-refractivity contribution in [3.8, 4) is 11.5 Å². The van der Waals surface area contributed by atoms with Crippen molar-refractivity contribution in [2.24, 2.45) is 0 Å². The molecule has 0 aromatic heterocycles. The van der Waals surface area contributed by atoms with E-state index in [0.29, 0.717) is 22.7 Å². The number of fused-ring (bicyclic) bond motifs is 1. The summed E-state index contributed by atoms with van der Waals surface area (Å²) in [6.07, 6.45) is -0.0227. The number of anilines is 1. The number of aliphatic hydroxyl groups is 2. The Balaban J connectivity index is 1.49. The number of rotatable bonds is 8. The summed E-state index contributed by atoms with van der Waals surface area (Å²) in [5, 5.41) is 25.7. The van der Waals surface area contributed by atoms with Crippen molar-refractivity contribution < 1.29 is 29.3 Å². The fraction of sp³-hybridized carbons (Fsp3) is 0.259. The molecule has 4 N–H and O–H groups in total. The van der Waals surface area contributed by atoms with Crippen LogP contribution in [0.1, 0.15) is 16.7 Å². The highest BCUT2D eigenvalue weighted by molar-refractivity contribution is 5.99. The zero-order valence-corrected chi connectivity index (χ0v) is 20.1. The van der Waals surface area contributed by atoms with Crippen LogP contribution in [-0.4, -0.2) is 47.9 Å². The first-order valence-corrected chi connectivity index (χ1v) is 11.5. The minimum absolute atomic E-state index is 0.112. The number of ether oxygens (including phenoxy) is 2. The average Bonchev–Trinajstić information content (AvgIpc) is 3.32. The van der Waals surface area contributed by atoms with Crippen molar-refractivity contribution in [2.75, 3.05) is 18.7 Å². The molecule has 3 aromatic rings. The fourth-order valence-electron chi connectivity index (χ4n) is 4.00. The number of urea groups is 1. The summed E-state index contributed by atoms with van der Waals surface area (Å²) < 4.78 is 10.7. The Kier molecular flexibility index (Phi) is 7.42. The summed E-state index contributed by atoms with van der Waals surface area (Å²) in [5.41, 5.74) is 2.91. The standard InChI is InChI=1S/C27H29N3O6/c1-18-8-6-7-11-20(18)16-27(33,34)29-26(32)28-22(14-19-9-4-3-5-10-19)25(31)30(2)21-12-13-23-24(15-21)36-17-35-23/h3-13,15,22,33-34H,14,16-17H2,1-2H3,(H2,28,29,32)/t22-/m0/s1. The van der Waals surface area contributed by atoms with E-state index in [-0.39, 0.29) is 19.6 Å². The smallest absolute Gasteiger partial charge is 0.319 e. The predicted molar refractivity (Wildman–Crippen MR) is 134 cm³/mol. The second-order valence-electron chi connectivity index (χ2n) is 8.70. The Morgan fingerprint density at radius 1 is 1.00 bits per heavy atom. The van der Waals surface area contributed by atoms with Crippen LogP contribution in [-0.2, 0) is 17.6 Å². The highest BCUT2D eigenvalue weighted by Crippen LogP contribution is 2.35. The Hall–Kier alpha value is -4.08. The van der Waals surface area contributed by atoms with Crippen molar-refractivity contribution in [3.05, 3.63) is 89.5 Å². The summed E-state index contributed by atoms with van der Waals surface area (Å²) >= 11 is 0. The number of nitrogens with zero attached hydrogens (tertiary/aromatic N) is 1. The van der Waals surface area contributed by atoms with E-state index in [0.717, 1.165) is 11.1 Å². The molecule has 9 heteroatoms. The number of hydrogen-bond donors (Lipinski definition) is 4. The average molecular weight is 492 g/mol. The summed E-state index contributed by atoms with van der Waals surface area (Å²) in [7, 11) is 1.60. The fourth-order valence-corrected chi connectivity index (χ4v) is 4.00. The van der Waals surface area contributed by atoms with E-state index in [1.54, 1.807) is 37.4 Å². The molecule has 36 heavy (non-hydrogen) atoms. The number of carbonyl (C=O) groups is 2. The number of hydrogen-bond acceptors (Lipinski definition) is 6. The van der Waals surface area contributed by atoms with Crippen LogP contribution >= 0.6 is 0 Å². The maximum atomic E-state index is 13.5. The molecule has 1 heterocycles. The van der Waals surface area contributed by atoms with E-state index in [4.69, 9.17) is 9.47 Å². The van der Waals surface area contributed by atoms with Gasteiger partial charge in [0.25, 0.3) is 5.91 Å². The van der Waals surface area contributed by atoms with Crippen LogP contribution in [0, 0.1) is 6.92 Å². The van der Waals surface area contributed by atoms with E-state index in [9.17, 15) is 19.8 Å². The van der Waals surface area contributed by atoms with E-state index >= 15 is 0 Å². The molecule has 0 fully saturated rings. The maximum absolute atomic E-state index is 13.5. The normalized spacial score (nSPS) is 13.1. The van der Waals surface area contributed by atoms with Crippen molar-refractivity contribution >= 4 is 17.6 Å². The van der Waals surface area contributed by atoms with Crippen molar-refractivity contribution in [1.29, 1.82) is 0 Å². The van der Waals surface area contributed by atoms with E-state index in [1.165, 1.54) is 4.90 Å². The lowest BCUT2D eigenvalue weighted by atomic mass is 10.0. The lowest BCUT2D eigenvalue weighted by molar-refractivity contribution is -0.174. The Labute approximate surface area is 209 Å². The minimum Gasteiger partial charge on any atom is -0.454 e. The molecule has 9 nitrogen and oxygen atoms in total. The number of carbonyl (C=O) groups excluding carboxylic acids is 2. The molecule has 0 saturated carbocycles. The van der Waals surface area contributed by atoms with Gasteiger partial charge in [-0.2, -0.15) is 0 Å². The Morgan fingerprint density at radius 3 is 2.44 bits per heavy atom. The predicted octanol–water partition coefficient (Wildman–Crippen LogP) is 2.48. The SMILES string of the molecule is Cc1ccccc1CC(O)(O)NC(=O)N[C@@H](Cc1ccccc1)C(=O)N(C)c1ccc2c(c1)OCO2. The highest BCUT2D eigenvalue weighted by Gasteiger charge is 2.31. The molecule has 4 rings (SSSR count). The molecule has 0 spiro atoms. The number of nitrogens with one attached hydrogen (secondary N) is 2. The van der Waals surface area contributed by atoms with E-state index < -0.39 is 23.9 Å². The van der Waals surface area contributed by atoms with Gasteiger partial charge in [0.2, 0.25) is 12.7 Å². The zero-order chi connectivity index (χ0) is 25.7. The summed E-state index contributed by atoms with van der Waals surface area (Å²) in [6, 6.07) is 19.7. The van der Waals surface area contributed by atoms with Gasteiger partial charge in [0.1, 0.15) is 6.04 Å². The van der Waals surface area contributed by atoms with Crippen molar-refractivity contribution in [1.82, 2.24) is 10.6 Å². The first kappa shape index (κ1) is 25.0. The molecule has 3 amide bonds. The van der Waals surface area contributed by atoms with Gasteiger partial charge in [-0.15, -0.1) is 0 Å². The molecule has 0 radical (unpaired) electrons. The van der Waals surface area contributed by atoms with Crippen LogP contribution in [0.25, 0.3) is 0 Å². The lowest BCUT2D eigenvalue weighted by Gasteiger charge is -2.28. The largest absolute Gasteiger partial charge is 0.454 e. The zero-order valence-electron chi connectivity index (χ0n) is 20.1. The third kappa shape index (κ3) is 6.12. The number of likely N-dealkylation sites (N-methyl/N-ethyl adjacent to an activating group) is 1. The van der Waals surface area contributed by atoms with Crippen molar-refractivity contribution in [2.45, 2.75) is 31.7 Å². The molecule has 188 valence electrons. The molecule has 0 bridgehead atoms. The molecule has 0 saturated heterocycles. The van der Waals surface area contributed by atoms with Crippen LogP contribution < -0.4 is 25.0 Å². The van der Waals surface area contributed by atoms with Gasteiger partial charge in [-0.1, -0.05) is 54.6 Å². The minimum atomic E-state index is -2.51. The van der Waals surface area contributed by atoms with Gasteiger partial charge >= 0.3 is 6.03 Å². The Morgan fingerprint density at radius 2 is 1.69 bits per heavy atom. The molecule has 0 unspecified atom stereocenters. The third-order valence-electron chi connectivity index (χ3n) is 5.97. The third-order valence-corrected chi connectivity index (χ3v) is 5.97. The first-order chi connectivity index (χ1) is 17.2. The first-order valence-electron chi connectivity index (χ1n) is 11.5. The monoisotopic (exact) mass is 491 g/mol. The van der Waals surface area contributed by atoms with Crippen LogP contribution in [0.15, 0.2) is 72.8 Å². The maximum Gasteiger partial charge on any atom is 0.319 e. The van der Waals surface area contributed by atoms with Crippen LogP contribution in [0.4, 0.5) is 10.5 Å². The second-order valence-corrected chi connectivity index (χ2v) is 8.70. The van der Waals surface area contributed by atoms with Gasteiger partial charge < -0.3 is 29.9 Å². The van der Waals surface area contributed by atoms with Crippen LogP contribution in [0.3, 0.4) is 0 Å². The van der Waals surface area contributed by atoms with Crippen LogP contribution in [0.2, 0.25) is 0 Å². The summed E-state index contributed by atoms with van der Waals surface area (Å²) in [5.74, 6) is -1.79. The molecule has 1 aliphatic rings. The van der Waals surface area contributed by atoms with E-state index in [2.05, 4.69) is 10.6 Å². The van der Waals surface area contributed by atoms with Gasteiger partial charge in [0, 0.05) is 31.6 Å². The molecular formula is C27H29N3O6. The topological polar surface area (TPSA) is 120 Å². The quantitative estimate of drug-likeness (QED) is 0.360. The number of benzene rings is 3. The van der Waals surface area contributed by atoms with Gasteiger partial charge in [-0.05, 0) is 35.7 Å². The lowest BCUT2D eigenvalue weighted by Crippen LogP contribution is -2.58. The second kappa shape index (κ2) is 10.7. The van der Waals surface area contributed by atoms with Gasteiger partial charge in [-0.3, -0.25) is 10.1 Å². The van der Waals surface area contributed by atoms with Crippen LogP contribution in [0.5, 0.6) is 11.5 Å². The molecule has 3 aromatic carbocycles. The molecule has 1 aliphatic heterocycles. The van der Waals surface area contributed by atoms with Gasteiger partial charge in [-0.25, -0.2) is 4.79 Å².